The van der Waals surface area contributed by atoms with Crippen molar-refractivity contribution in [3.05, 3.63) is 53.7 Å². The van der Waals surface area contributed by atoms with Gasteiger partial charge in [0.1, 0.15) is 5.01 Å². The minimum atomic E-state index is -0.175. The van der Waals surface area contributed by atoms with E-state index in [1.165, 1.54) is 19.3 Å². The van der Waals surface area contributed by atoms with Crippen molar-refractivity contribution in [1.82, 2.24) is 9.97 Å². The topological polar surface area (TPSA) is 63.2 Å². The summed E-state index contributed by atoms with van der Waals surface area (Å²) in [5, 5.41) is 3.06. The highest BCUT2D eigenvalue weighted by Gasteiger charge is 2.54. The molecule has 3 heterocycles. The van der Waals surface area contributed by atoms with Crippen LogP contribution in [0.2, 0.25) is 0 Å². The highest BCUT2D eigenvalue weighted by molar-refractivity contribution is 7.13. The molecule has 1 aliphatic heterocycles. The number of hydrogen-bond acceptors (Lipinski definition) is 5. The molecule has 0 unspecified atom stereocenters. The van der Waals surface area contributed by atoms with Crippen LogP contribution in [0.1, 0.15) is 56.9 Å². The Morgan fingerprint density at radius 2 is 1.69 bits per heavy atom. The summed E-state index contributed by atoms with van der Waals surface area (Å²) in [5.74, 6) is 2.58. The SMILES string of the molecule is O=C1CCCc2cc(-c3csc(-c4ccncc4)n3)ccc2N1CC(=O)C12CC3CC(CC(C3)C1)C2. The first-order chi connectivity index (χ1) is 17.6. The van der Waals surface area contributed by atoms with Gasteiger partial charge in [0.05, 0.1) is 12.2 Å². The van der Waals surface area contributed by atoms with Crippen molar-refractivity contribution >= 4 is 28.7 Å². The first kappa shape index (κ1) is 22.3. The molecule has 2 aromatic heterocycles. The standard InChI is InChI=1S/C30H31N3O2S/c34-27(30-14-19-10-20(15-30)12-21(11-19)16-30)17-33-26-5-4-23(13-24(26)2-1-3-28(33)35)25-18-36-29(32-25)22-6-8-31-9-7-22/h4-9,13,18-21H,1-3,10-12,14-17H2. The lowest BCUT2D eigenvalue weighted by molar-refractivity contribution is -0.143. The summed E-state index contributed by atoms with van der Waals surface area (Å²) in [4.78, 5) is 37.8. The van der Waals surface area contributed by atoms with Crippen molar-refractivity contribution in [2.24, 2.45) is 23.2 Å². The van der Waals surface area contributed by atoms with Crippen molar-refractivity contribution < 1.29 is 9.59 Å². The predicted octanol–water partition coefficient (Wildman–Crippen LogP) is 6.33. The van der Waals surface area contributed by atoms with Crippen molar-refractivity contribution in [2.75, 3.05) is 11.4 Å². The minimum absolute atomic E-state index is 0.0909. The molecule has 4 bridgehead atoms. The van der Waals surface area contributed by atoms with Crippen molar-refractivity contribution in [3.8, 4) is 21.8 Å². The zero-order chi connectivity index (χ0) is 24.3. The maximum Gasteiger partial charge on any atom is 0.227 e. The molecule has 1 amide bonds. The van der Waals surface area contributed by atoms with Gasteiger partial charge in [-0.1, -0.05) is 6.07 Å². The third-order valence-corrected chi connectivity index (χ3v) is 10.1. The number of aromatic nitrogens is 2. The van der Waals surface area contributed by atoms with Crippen molar-refractivity contribution in [1.29, 1.82) is 0 Å². The molecule has 0 radical (unpaired) electrons. The number of fused-ring (bicyclic) bond motifs is 1. The first-order valence-corrected chi connectivity index (χ1v) is 14.3. The molecule has 0 spiro atoms. The molecular formula is C30H31N3O2S. The molecule has 0 atom stereocenters. The zero-order valence-corrected chi connectivity index (χ0v) is 21.3. The van der Waals surface area contributed by atoms with Crippen molar-refractivity contribution in [3.63, 3.8) is 0 Å². The summed E-state index contributed by atoms with van der Waals surface area (Å²) >= 11 is 1.63. The number of nitrogens with zero attached hydrogens (tertiary/aromatic N) is 3. The molecule has 0 N–H and O–H groups in total. The van der Waals surface area contributed by atoms with Crippen molar-refractivity contribution in [2.45, 2.75) is 57.8 Å². The van der Waals surface area contributed by atoms with Crippen LogP contribution in [0.4, 0.5) is 5.69 Å². The monoisotopic (exact) mass is 497 g/mol. The zero-order valence-electron chi connectivity index (χ0n) is 20.5. The fourth-order valence-corrected chi connectivity index (χ4v) is 8.71. The van der Waals surface area contributed by atoms with Crippen LogP contribution in [0.15, 0.2) is 48.1 Å². The van der Waals surface area contributed by atoms with E-state index < -0.39 is 0 Å². The number of rotatable bonds is 5. The normalized spacial score (nSPS) is 28.7. The second kappa shape index (κ2) is 8.62. The average molecular weight is 498 g/mol. The molecule has 36 heavy (non-hydrogen) atoms. The van der Waals surface area contributed by atoms with Crippen LogP contribution in [-0.4, -0.2) is 28.2 Å². The van der Waals surface area contributed by atoms with Gasteiger partial charge in [-0.15, -0.1) is 11.3 Å². The molecular weight excluding hydrogens is 466 g/mol. The second-order valence-electron chi connectivity index (χ2n) is 11.6. The van der Waals surface area contributed by atoms with E-state index in [0.717, 1.165) is 82.9 Å². The van der Waals surface area contributed by atoms with Gasteiger partial charge >= 0.3 is 0 Å². The number of amides is 1. The van der Waals surface area contributed by atoms with Gasteiger partial charge in [-0.2, -0.15) is 0 Å². The van der Waals surface area contributed by atoms with E-state index in [4.69, 9.17) is 4.98 Å². The number of benzene rings is 1. The Kier molecular flexibility index (Phi) is 5.35. The largest absolute Gasteiger partial charge is 0.305 e. The van der Waals surface area contributed by atoms with E-state index >= 15 is 0 Å². The van der Waals surface area contributed by atoms with Gasteiger partial charge in [0.15, 0.2) is 5.78 Å². The molecule has 4 aliphatic carbocycles. The maximum atomic E-state index is 13.9. The Morgan fingerprint density at radius 3 is 2.42 bits per heavy atom. The molecule has 3 aromatic rings. The summed E-state index contributed by atoms with van der Waals surface area (Å²) in [7, 11) is 0. The van der Waals surface area contributed by atoms with Gasteiger partial charge in [-0.25, -0.2) is 4.98 Å². The molecule has 184 valence electrons. The van der Waals surface area contributed by atoms with Gasteiger partial charge in [-0.05, 0) is 98.9 Å². The Bertz CT molecular complexity index is 1300. The van der Waals surface area contributed by atoms with Gasteiger partial charge in [0.25, 0.3) is 0 Å². The molecule has 8 rings (SSSR count). The van der Waals surface area contributed by atoms with Crippen LogP contribution in [0.3, 0.4) is 0 Å². The van der Waals surface area contributed by atoms with Crippen LogP contribution < -0.4 is 4.90 Å². The van der Waals surface area contributed by atoms with Gasteiger partial charge in [0.2, 0.25) is 5.91 Å². The van der Waals surface area contributed by atoms with Crippen LogP contribution in [0, 0.1) is 23.2 Å². The summed E-state index contributed by atoms with van der Waals surface area (Å²) in [6, 6.07) is 10.2. The van der Waals surface area contributed by atoms with E-state index in [-0.39, 0.29) is 17.9 Å². The number of thiazole rings is 1. The van der Waals surface area contributed by atoms with Gasteiger partial charge < -0.3 is 4.90 Å². The number of carbonyl (C=O) groups is 2. The Morgan fingerprint density at radius 1 is 0.972 bits per heavy atom. The Balaban J connectivity index is 1.16. The van der Waals surface area contributed by atoms with E-state index in [2.05, 4.69) is 22.5 Å². The van der Waals surface area contributed by atoms with Gasteiger partial charge in [-0.3, -0.25) is 14.6 Å². The van der Waals surface area contributed by atoms with E-state index in [1.807, 2.05) is 23.1 Å². The van der Waals surface area contributed by atoms with Crippen LogP contribution in [0.25, 0.3) is 21.8 Å². The molecule has 1 aromatic carbocycles. The average Bonchev–Trinajstić information content (AvgIpc) is 3.32. The molecule has 5 nitrogen and oxygen atoms in total. The number of carbonyl (C=O) groups excluding carboxylic acids is 2. The third-order valence-electron chi connectivity index (χ3n) is 9.17. The lowest BCUT2D eigenvalue weighted by Crippen LogP contribution is -2.53. The lowest BCUT2D eigenvalue weighted by Gasteiger charge is -2.56. The van der Waals surface area contributed by atoms with E-state index in [1.54, 1.807) is 23.7 Å². The number of aryl methyl sites for hydroxylation is 1. The highest BCUT2D eigenvalue weighted by atomic mass is 32.1. The highest BCUT2D eigenvalue weighted by Crippen LogP contribution is 2.60. The summed E-state index contributed by atoms with van der Waals surface area (Å²) in [6.07, 6.45) is 12.8. The Labute approximate surface area is 216 Å². The fourth-order valence-electron chi connectivity index (χ4n) is 7.88. The van der Waals surface area contributed by atoms with Crippen LogP contribution in [0.5, 0.6) is 0 Å². The van der Waals surface area contributed by atoms with Crippen LogP contribution >= 0.6 is 11.3 Å². The Hall–Kier alpha value is -2.86. The summed E-state index contributed by atoms with van der Waals surface area (Å²) in [5.41, 5.74) is 4.97. The maximum absolute atomic E-state index is 13.9. The summed E-state index contributed by atoms with van der Waals surface area (Å²) in [6.45, 7) is 0.236. The molecule has 0 saturated heterocycles. The lowest BCUT2D eigenvalue weighted by atomic mass is 9.48. The molecule has 4 saturated carbocycles. The number of ketones is 1. The number of hydrogen-bond donors (Lipinski definition) is 0. The van der Waals surface area contributed by atoms with E-state index in [0.29, 0.717) is 12.2 Å². The van der Waals surface area contributed by atoms with Gasteiger partial charge in [0, 0.05) is 46.4 Å². The first-order valence-electron chi connectivity index (χ1n) is 13.4. The minimum Gasteiger partial charge on any atom is -0.305 e. The smallest absolute Gasteiger partial charge is 0.227 e. The third kappa shape index (κ3) is 3.81. The fraction of sp³-hybridized carbons (Fsp3) is 0.467. The van der Waals surface area contributed by atoms with Crippen LogP contribution in [-0.2, 0) is 16.0 Å². The summed E-state index contributed by atoms with van der Waals surface area (Å²) < 4.78 is 0. The molecule has 6 heteroatoms. The van der Waals surface area contributed by atoms with E-state index in [9.17, 15) is 9.59 Å². The number of Topliss-reactive ketones (excluding diaryl/α,β-unsaturated/α-hetero) is 1. The molecule has 4 fully saturated rings. The molecule has 5 aliphatic rings. The predicted molar refractivity (Wildman–Crippen MR) is 142 cm³/mol. The quantitative estimate of drug-likeness (QED) is 0.413. The number of pyridine rings is 1. The number of anilines is 1. The second-order valence-corrected chi connectivity index (χ2v) is 12.4.